The number of hydrogen-bond donors (Lipinski definition) is 2. The SMILES string of the molecule is [Ni+2].[O-]c1cc2ccccc2cc1/C=N/NC(=S)N/N=C/c1cc2ccccc2cc1[O-].c1cnc2c(c1)ccc1cccnc12. The molecule has 0 aliphatic rings. The Hall–Kier alpha value is -5.44. The van der Waals surface area contributed by atoms with Crippen LogP contribution in [0.1, 0.15) is 11.1 Å². The Morgan fingerprint density at radius 2 is 0.933 bits per heavy atom. The summed E-state index contributed by atoms with van der Waals surface area (Å²) in [5.41, 5.74) is 8.03. The van der Waals surface area contributed by atoms with Gasteiger partial charge in [-0.2, -0.15) is 10.2 Å². The van der Waals surface area contributed by atoms with Crippen molar-refractivity contribution < 1.29 is 26.7 Å². The molecule has 8 nitrogen and oxygen atoms in total. The van der Waals surface area contributed by atoms with E-state index in [1.807, 2.05) is 60.7 Å². The van der Waals surface area contributed by atoms with Crippen LogP contribution in [0, 0.1) is 0 Å². The third-order valence-corrected chi connectivity index (χ3v) is 7.02. The number of hydrazone groups is 2. The van der Waals surface area contributed by atoms with Crippen LogP contribution in [0.4, 0.5) is 0 Å². The van der Waals surface area contributed by atoms with Gasteiger partial charge in [0.15, 0.2) is 0 Å². The molecule has 0 fully saturated rings. The number of nitrogens with one attached hydrogen (secondary N) is 2. The van der Waals surface area contributed by atoms with E-state index in [-0.39, 0.29) is 33.1 Å². The first-order valence-electron chi connectivity index (χ1n) is 13.7. The number of hydrogen-bond acceptors (Lipinski definition) is 7. The predicted molar refractivity (Wildman–Crippen MR) is 178 cm³/mol. The zero-order chi connectivity index (χ0) is 30.3. The summed E-state index contributed by atoms with van der Waals surface area (Å²) < 4.78 is 0. The van der Waals surface area contributed by atoms with Crippen molar-refractivity contribution in [2.75, 3.05) is 0 Å². The van der Waals surface area contributed by atoms with E-state index in [0.717, 1.165) is 43.4 Å². The van der Waals surface area contributed by atoms with Gasteiger partial charge in [-0.25, -0.2) is 0 Å². The minimum atomic E-state index is -0.129. The fraction of sp³-hybridized carbons (Fsp3) is 0. The zero-order valence-electron chi connectivity index (χ0n) is 23.5. The van der Waals surface area contributed by atoms with Gasteiger partial charge in [-0.1, -0.05) is 96.4 Å². The molecule has 0 radical (unpaired) electrons. The van der Waals surface area contributed by atoms with Crippen molar-refractivity contribution in [2.45, 2.75) is 0 Å². The van der Waals surface area contributed by atoms with Crippen molar-refractivity contribution in [2.24, 2.45) is 10.2 Å². The Bertz CT molecular complexity index is 2050. The molecule has 0 amide bonds. The van der Waals surface area contributed by atoms with Crippen LogP contribution in [0.15, 0.2) is 132 Å². The number of thiocarbonyl (C=S) groups is 1. The van der Waals surface area contributed by atoms with Crippen molar-refractivity contribution in [1.82, 2.24) is 20.8 Å². The minimum Gasteiger partial charge on any atom is -0.872 e. The van der Waals surface area contributed by atoms with Crippen molar-refractivity contribution >= 4 is 73.1 Å². The fourth-order valence-corrected chi connectivity index (χ4v) is 4.81. The molecule has 45 heavy (non-hydrogen) atoms. The van der Waals surface area contributed by atoms with Crippen LogP contribution in [0.5, 0.6) is 11.5 Å². The van der Waals surface area contributed by atoms with Gasteiger partial charge in [0.25, 0.3) is 0 Å². The molecule has 7 rings (SSSR count). The van der Waals surface area contributed by atoms with Crippen LogP contribution >= 0.6 is 12.2 Å². The summed E-state index contributed by atoms with van der Waals surface area (Å²) >= 11 is 5.10. The molecule has 0 aliphatic carbocycles. The standard InChI is InChI=1S/C23H18N4O2S.C12H8N2.Ni/c28-21-11-17-7-3-1-5-15(17)9-19(21)13-24-26-23(30)27-25-14-20-10-16-6-2-4-8-18(16)12-22(20)29;1-3-9-5-6-10-4-2-8-14-12(10)11(9)13-7-1;/h1-14,28-29H,(H2,26,27,30);1-8H;/q;;+2/p-2/b24-13+,25-14+;;. The largest absolute Gasteiger partial charge is 2.00 e. The van der Waals surface area contributed by atoms with E-state index >= 15 is 0 Å². The number of nitrogens with zero attached hydrogens (tertiary/aromatic N) is 4. The molecule has 222 valence electrons. The summed E-state index contributed by atoms with van der Waals surface area (Å²) in [5, 5.41) is 38.3. The molecule has 2 N–H and O–H groups in total. The molecule has 0 atom stereocenters. The van der Waals surface area contributed by atoms with Crippen LogP contribution in [0.25, 0.3) is 43.4 Å². The van der Waals surface area contributed by atoms with Gasteiger partial charge in [-0.15, -0.1) is 0 Å². The van der Waals surface area contributed by atoms with Crippen LogP contribution in [-0.4, -0.2) is 27.5 Å². The van der Waals surface area contributed by atoms with Gasteiger partial charge >= 0.3 is 16.5 Å². The van der Waals surface area contributed by atoms with E-state index in [1.165, 1.54) is 12.4 Å². The van der Waals surface area contributed by atoms with E-state index in [9.17, 15) is 10.2 Å². The van der Waals surface area contributed by atoms with Gasteiger partial charge in [-0.3, -0.25) is 20.8 Å². The molecule has 7 aromatic rings. The average molecular weight is 651 g/mol. The Morgan fingerprint density at radius 3 is 1.36 bits per heavy atom. The fourth-order valence-electron chi connectivity index (χ4n) is 4.70. The zero-order valence-corrected chi connectivity index (χ0v) is 25.3. The molecule has 2 heterocycles. The van der Waals surface area contributed by atoms with Crippen LogP contribution in [0.3, 0.4) is 0 Å². The van der Waals surface area contributed by atoms with Gasteiger partial charge < -0.3 is 10.2 Å². The summed E-state index contributed by atoms with van der Waals surface area (Å²) in [6.07, 6.45) is 6.42. The molecule has 2 aromatic heterocycles. The third kappa shape index (κ3) is 7.38. The molecule has 0 saturated heterocycles. The first-order valence-corrected chi connectivity index (χ1v) is 14.1. The van der Waals surface area contributed by atoms with Crippen LogP contribution < -0.4 is 21.1 Å². The van der Waals surface area contributed by atoms with Crippen molar-refractivity contribution in [1.29, 1.82) is 0 Å². The first-order chi connectivity index (χ1) is 21.5. The van der Waals surface area contributed by atoms with Crippen molar-refractivity contribution in [3.05, 3.63) is 133 Å². The molecular weight excluding hydrogens is 627 g/mol. The number of benzene rings is 5. The molecule has 0 unspecified atom stereocenters. The van der Waals surface area contributed by atoms with E-state index < -0.39 is 0 Å². The quantitative estimate of drug-likeness (QED) is 0.0818. The second-order valence-electron chi connectivity index (χ2n) is 9.76. The minimum absolute atomic E-state index is 0. The maximum atomic E-state index is 12.1. The topological polar surface area (TPSA) is 121 Å². The normalized spacial score (nSPS) is 11.0. The molecule has 10 heteroatoms. The summed E-state index contributed by atoms with van der Waals surface area (Å²) in [5.74, 6) is -0.258. The van der Waals surface area contributed by atoms with Crippen LogP contribution in [-0.2, 0) is 16.5 Å². The average Bonchev–Trinajstić information content (AvgIpc) is 3.05. The molecule has 5 aromatic carbocycles. The molecule has 0 saturated carbocycles. The Kier molecular flexibility index (Phi) is 9.89. The summed E-state index contributed by atoms with van der Waals surface area (Å²) in [6, 6.07) is 34.0. The third-order valence-electron chi connectivity index (χ3n) is 6.84. The van der Waals surface area contributed by atoms with Crippen molar-refractivity contribution in [3.8, 4) is 11.5 Å². The second-order valence-corrected chi connectivity index (χ2v) is 10.2. The first kappa shape index (κ1) is 31.0. The van der Waals surface area contributed by atoms with Gasteiger partial charge in [0.05, 0.1) is 23.5 Å². The van der Waals surface area contributed by atoms with Gasteiger partial charge in [0.1, 0.15) is 0 Å². The molecule has 0 bridgehead atoms. The summed E-state index contributed by atoms with van der Waals surface area (Å²) in [6.45, 7) is 0. The molecule has 0 spiro atoms. The van der Waals surface area contributed by atoms with Gasteiger partial charge in [0.2, 0.25) is 5.11 Å². The van der Waals surface area contributed by atoms with E-state index in [1.54, 1.807) is 36.7 Å². The predicted octanol–water partition coefficient (Wildman–Crippen LogP) is 5.75. The summed E-state index contributed by atoms with van der Waals surface area (Å²) in [7, 11) is 0. The number of pyridine rings is 2. The van der Waals surface area contributed by atoms with Crippen molar-refractivity contribution in [3.63, 3.8) is 0 Å². The summed E-state index contributed by atoms with van der Waals surface area (Å²) in [4.78, 5) is 8.69. The monoisotopic (exact) mass is 650 g/mol. The van der Waals surface area contributed by atoms with E-state index in [2.05, 4.69) is 55.3 Å². The number of aromatic nitrogens is 2. The van der Waals surface area contributed by atoms with Crippen LogP contribution in [0.2, 0.25) is 0 Å². The molecule has 0 aliphatic heterocycles. The van der Waals surface area contributed by atoms with Gasteiger partial charge in [-0.05, 0) is 69.2 Å². The number of rotatable bonds is 4. The molecular formula is C35H24N6NiO2S. The smallest absolute Gasteiger partial charge is 0.872 e. The Morgan fingerprint density at radius 1 is 0.556 bits per heavy atom. The Labute approximate surface area is 274 Å². The van der Waals surface area contributed by atoms with E-state index in [4.69, 9.17) is 12.2 Å². The number of fused-ring (bicyclic) bond motifs is 5. The van der Waals surface area contributed by atoms with E-state index in [0.29, 0.717) is 11.1 Å². The maximum Gasteiger partial charge on any atom is 2.00 e. The Balaban J connectivity index is 0.000000222. The maximum absolute atomic E-state index is 12.1. The van der Waals surface area contributed by atoms with Gasteiger partial charge in [0, 0.05) is 23.2 Å². The second kappa shape index (κ2) is 14.4.